The van der Waals surface area contributed by atoms with Crippen LogP contribution in [0.5, 0.6) is 0 Å². The number of fused-ring (bicyclic) bond motifs is 2. The molecule has 1 atom stereocenters. The smallest absolute Gasteiger partial charge is 0.326 e. The molecule has 11 nitrogen and oxygen atoms in total. The molecule has 0 fully saturated rings. The number of benzene rings is 1. The molecule has 0 bridgehead atoms. The number of amides is 1. The summed E-state index contributed by atoms with van der Waals surface area (Å²) in [5.41, 5.74) is 5.29. The number of nitrogens with one attached hydrogen (secondary N) is 1. The summed E-state index contributed by atoms with van der Waals surface area (Å²) >= 11 is 0. The number of aryl methyl sites for hydroxylation is 1. The summed E-state index contributed by atoms with van der Waals surface area (Å²) in [5, 5.41) is 7.24. The number of halogens is 2. The quantitative estimate of drug-likeness (QED) is 0.314. The molecule has 3 N–H and O–H groups in total. The molecule has 0 saturated heterocycles. The van der Waals surface area contributed by atoms with Crippen LogP contribution in [0.1, 0.15) is 30.8 Å². The Hall–Kier alpha value is -4.55. The number of aromatic nitrogens is 6. The Bertz CT molecular complexity index is 1570. The zero-order chi connectivity index (χ0) is 25.8. The number of nitrogens with two attached hydrogens (primary N) is 1. The van der Waals surface area contributed by atoms with Gasteiger partial charge < -0.3 is 15.8 Å². The van der Waals surface area contributed by atoms with Crippen LogP contribution in [0.25, 0.3) is 22.6 Å². The van der Waals surface area contributed by atoms with Crippen molar-refractivity contribution in [2.75, 3.05) is 17.7 Å². The first-order valence-corrected chi connectivity index (χ1v) is 10.9. The van der Waals surface area contributed by atoms with Crippen molar-refractivity contribution < 1.29 is 23.1 Å². The molecule has 1 aliphatic heterocycles. The van der Waals surface area contributed by atoms with Gasteiger partial charge in [0.25, 0.3) is 0 Å². The van der Waals surface area contributed by atoms with Gasteiger partial charge in [0.05, 0.1) is 23.8 Å². The highest BCUT2D eigenvalue weighted by Gasteiger charge is 2.53. The van der Waals surface area contributed by atoms with Gasteiger partial charge >= 0.3 is 5.97 Å². The monoisotopic (exact) mass is 494 g/mol. The van der Waals surface area contributed by atoms with E-state index < -0.39 is 28.9 Å². The summed E-state index contributed by atoms with van der Waals surface area (Å²) in [7, 11) is 1.66. The van der Waals surface area contributed by atoms with Crippen molar-refractivity contribution in [3.63, 3.8) is 0 Å². The third-order valence-electron chi connectivity index (χ3n) is 6.04. The maximum Gasteiger partial charge on any atom is 0.326 e. The molecule has 4 heterocycles. The summed E-state index contributed by atoms with van der Waals surface area (Å²) in [5.74, 6) is -3.28. The average molecular weight is 494 g/mol. The number of hydrogen-bond acceptors (Lipinski definition) is 9. The Morgan fingerprint density at radius 1 is 1.22 bits per heavy atom. The summed E-state index contributed by atoms with van der Waals surface area (Å²) in [6.45, 7) is 3.09. The summed E-state index contributed by atoms with van der Waals surface area (Å²) in [6.07, 6.45) is 1.39. The normalized spacial score (nSPS) is 16.8. The first kappa shape index (κ1) is 23.2. The molecule has 1 unspecified atom stereocenters. The molecule has 0 aliphatic carbocycles. The SMILES string of the molecule is CCOC(=O)C1(C)C(=O)Nc2nc(-c3nc(Cc4cccc(F)c4F)nc4c3cnn4C)nc(N)c21. The first-order chi connectivity index (χ1) is 17.1. The predicted octanol–water partition coefficient (Wildman–Crippen LogP) is 2.04. The topological polar surface area (TPSA) is 151 Å². The minimum atomic E-state index is -1.72. The van der Waals surface area contributed by atoms with Gasteiger partial charge in [0.1, 0.15) is 23.2 Å². The fourth-order valence-corrected chi connectivity index (χ4v) is 4.16. The number of carbonyl (C=O) groups excluding carboxylic acids is 2. The fourth-order valence-electron chi connectivity index (χ4n) is 4.16. The van der Waals surface area contributed by atoms with Crippen LogP contribution < -0.4 is 11.1 Å². The molecule has 0 saturated carbocycles. The predicted molar refractivity (Wildman–Crippen MR) is 124 cm³/mol. The number of hydrogen-bond donors (Lipinski definition) is 2. The number of carbonyl (C=O) groups is 2. The molecule has 5 rings (SSSR count). The van der Waals surface area contributed by atoms with E-state index in [1.807, 2.05) is 0 Å². The summed E-state index contributed by atoms with van der Waals surface area (Å²) in [6, 6.07) is 3.85. The van der Waals surface area contributed by atoms with Crippen LogP contribution in [-0.4, -0.2) is 48.2 Å². The van der Waals surface area contributed by atoms with E-state index in [1.165, 1.54) is 29.9 Å². The molecule has 1 aliphatic rings. The molecule has 36 heavy (non-hydrogen) atoms. The Morgan fingerprint density at radius 3 is 2.75 bits per heavy atom. The third kappa shape index (κ3) is 3.42. The molecular weight excluding hydrogens is 474 g/mol. The standard InChI is InChI=1S/C23H20F2N8O3/c1-4-36-22(35)23(2)14-17(26)30-19(31-18(14)32-21(23)34)16-11-9-27-33(3)20(11)29-13(28-16)8-10-6-5-7-12(24)15(10)25/h5-7,9H,4,8H2,1-3H3,(H3,26,30,31,32,34). The number of ether oxygens (including phenoxy) is 1. The molecule has 0 radical (unpaired) electrons. The number of rotatable bonds is 5. The molecule has 4 aromatic rings. The minimum absolute atomic E-state index is 0.0287. The van der Waals surface area contributed by atoms with E-state index in [2.05, 4.69) is 30.4 Å². The number of nitrogen functional groups attached to an aromatic ring is 1. The maximum absolute atomic E-state index is 14.3. The lowest BCUT2D eigenvalue weighted by molar-refractivity contribution is -0.152. The lowest BCUT2D eigenvalue weighted by Crippen LogP contribution is -2.41. The van der Waals surface area contributed by atoms with Crippen LogP contribution in [0.4, 0.5) is 20.4 Å². The zero-order valence-electron chi connectivity index (χ0n) is 19.5. The van der Waals surface area contributed by atoms with Crippen molar-refractivity contribution in [1.82, 2.24) is 29.7 Å². The Morgan fingerprint density at radius 2 is 2.00 bits per heavy atom. The summed E-state index contributed by atoms with van der Waals surface area (Å²) < 4.78 is 34.6. The van der Waals surface area contributed by atoms with Gasteiger partial charge in [0, 0.05) is 13.5 Å². The Kier molecular flexibility index (Phi) is 5.34. The van der Waals surface area contributed by atoms with Crippen molar-refractivity contribution in [2.45, 2.75) is 25.7 Å². The van der Waals surface area contributed by atoms with E-state index in [0.717, 1.165) is 6.07 Å². The van der Waals surface area contributed by atoms with E-state index in [0.29, 0.717) is 11.0 Å². The molecule has 1 aromatic carbocycles. The first-order valence-electron chi connectivity index (χ1n) is 10.9. The highest BCUT2D eigenvalue weighted by Crippen LogP contribution is 2.42. The van der Waals surface area contributed by atoms with Crippen molar-refractivity contribution in [3.8, 4) is 11.5 Å². The second kappa shape index (κ2) is 8.29. The number of anilines is 2. The number of esters is 1. The second-order valence-corrected chi connectivity index (χ2v) is 8.34. The van der Waals surface area contributed by atoms with Gasteiger partial charge in [-0.2, -0.15) is 5.10 Å². The van der Waals surface area contributed by atoms with Gasteiger partial charge in [-0.1, -0.05) is 12.1 Å². The van der Waals surface area contributed by atoms with E-state index in [4.69, 9.17) is 10.5 Å². The van der Waals surface area contributed by atoms with E-state index in [1.54, 1.807) is 14.0 Å². The minimum Gasteiger partial charge on any atom is -0.465 e. The Balaban J connectivity index is 1.66. The van der Waals surface area contributed by atoms with E-state index in [-0.39, 0.29) is 53.1 Å². The highest BCUT2D eigenvalue weighted by molar-refractivity contribution is 6.19. The maximum atomic E-state index is 14.3. The van der Waals surface area contributed by atoms with Crippen LogP contribution in [0.3, 0.4) is 0 Å². The van der Waals surface area contributed by atoms with Crippen LogP contribution in [0.2, 0.25) is 0 Å². The zero-order valence-corrected chi connectivity index (χ0v) is 19.5. The van der Waals surface area contributed by atoms with E-state index in [9.17, 15) is 18.4 Å². The molecular formula is C23H20F2N8O3. The fraction of sp³-hybridized carbons (Fsp3) is 0.261. The molecule has 13 heteroatoms. The molecule has 1 amide bonds. The lowest BCUT2D eigenvalue weighted by atomic mass is 9.84. The van der Waals surface area contributed by atoms with Gasteiger partial charge in [-0.15, -0.1) is 0 Å². The lowest BCUT2D eigenvalue weighted by Gasteiger charge is -2.20. The van der Waals surface area contributed by atoms with Gasteiger partial charge in [-0.05, 0) is 25.5 Å². The molecule has 3 aromatic heterocycles. The van der Waals surface area contributed by atoms with Crippen LogP contribution >= 0.6 is 0 Å². The van der Waals surface area contributed by atoms with Gasteiger partial charge in [0.15, 0.2) is 28.5 Å². The van der Waals surface area contributed by atoms with E-state index >= 15 is 0 Å². The third-order valence-corrected chi connectivity index (χ3v) is 6.04. The number of nitrogens with zero attached hydrogens (tertiary/aromatic N) is 6. The van der Waals surface area contributed by atoms with Crippen molar-refractivity contribution >= 4 is 34.5 Å². The largest absolute Gasteiger partial charge is 0.465 e. The van der Waals surface area contributed by atoms with Crippen LogP contribution in [0.15, 0.2) is 24.4 Å². The van der Waals surface area contributed by atoms with Gasteiger partial charge in [-0.3, -0.25) is 14.3 Å². The summed E-state index contributed by atoms with van der Waals surface area (Å²) in [4.78, 5) is 43.1. The van der Waals surface area contributed by atoms with Crippen molar-refractivity contribution in [1.29, 1.82) is 0 Å². The van der Waals surface area contributed by atoms with Gasteiger partial charge in [0.2, 0.25) is 5.91 Å². The van der Waals surface area contributed by atoms with Crippen molar-refractivity contribution in [2.24, 2.45) is 7.05 Å². The van der Waals surface area contributed by atoms with Crippen molar-refractivity contribution in [3.05, 3.63) is 53.0 Å². The highest BCUT2D eigenvalue weighted by atomic mass is 19.2. The molecule has 0 spiro atoms. The van der Waals surface area contributed by atoms with Gasteiger partial charge in [-0.25, -0.2) is 28.7 Å². The van der Waals surface area contributed by atoms with Crippen LogP contribution in [-0.2, 0) is 33.2 Å². The Labute approximate surface area is 202 Å². The van der Waals surface area contributed by atoms with Crippen LogP contribution in [0, 0.1) is 11.6 Å². The second-order valence-electron chi connectivity index (χ2n) is 8.34. The molecule has 184 valence electrons. The average Bonchev–Trinajstić information content (AvgIpc) is 3.34.